The molecule has 0 aliphatic rings. The van der Waals surface area contributed by atoms with E-state index in [2.05, 4.69) is 21.2 Å². The highest BCUT2D eigenvalue weighted by Gasteiger charge is 2.14. The van der Waals surface area contributed by atoms with Crippen molar-refractivity contribution in [3.05, 3.63) is 21.9 Å². The Morgan fingerprint density at radius 2 is 2.08 bits per heavy atom. The molecule has 0 saturated heterocycles. The minimum Gasteiger partial charge on any atom is -0.504 e. The predicted octanol–water partition coefficient (Wildman–Crippen LogP) is 1.72. The van der Waals surface area contributed by atoms with Crippen LogP contribution >= 0.6 is 15.9 Å². The van der Waals surface area contributed by atoms with E-state index in [1.807, 2.05) is 0 Å². The van der Waals surface area contributed by atoms with E-state index < -0.39 is 17.3 Å². The van der Waals surface area contributed by atoms with Crippen LogP contribution in [0.15, 0.2) is 10.5 Å². The van der Waals surface area contributed by atoms with Crippen LogP contribution in [-0.4, -0.2) is 17.3 Å². The third-order valence-corrected chi connectivity index (χ3v) is 2.19. The molecule has 0 aromatic heterocycles. The van der Waals surface area contributed by atoms with Gasteiger partial charge in [0, 0.05) is 12.1 Å². The lowest BCUT2D eigenvalue weighted by atomic mass is 10.2. The van der Waals surface area contributed by atoms with Crippen LogP contribution in [0.1, 0.15) is 5.56 Å². The fraction of sp³-hybridized carbons (Fsp3) is 0.250. The summed E-state index contributed by atoms with van der Waals surface area (Å²) in [6, 6.07) is 1.42. The van der Waals surface area contributed by atoms with Gasteiger partial charge >= 0.3 is 0 Å². The topological polar surface area (TPSA) is 52.5 Å². The maximum atomic E-state index is 12.9. The number of aromatic hydroxyl groups is 2. The Morgan fingerprint density at radius 1 is 1.46 bits per heavy atom. The van der Waals surface area contributed by atoms with Gasteiger partial charge in [-0.25, -0.2) is 4.39 Å². The Hall–Kier alpha value is -0.810. The zero-order valence-electron chi connectivity index (χ0n) is 6.93. The van der Waals surface area contributed by atoms with E-state index in [9.17, 15) is 9.50 Å². The summed E-state index contributed by atoms with van der Waals surface area (Å²) >= 11 is 2.93. The van der Waals surface area contributed by atoms with E-state index in [1.54, 1.807) is 7.05 Å². The zero-order chi connectivity index (χ0) is 10.0. The summed E-state index contributed by atoms with van der Waals surface area (Å²) in [6.45, 7) is 0.359. The van der Waals surface area contributed by atoms with E-state index >= 15 is 0 Å². The summed E-state index contributed by atoms with van der Waals surface area (Å²) in [5, 5.41) is 21.2. The number of benzene rings is 1. The lowest BCUT2D eigenvalue weighted by Gasteiger charge is -2.07. The van der Waals surface area contributed by atoms with E-state index in [0.29, 0.717) is 12.1 Å². The number of phenols is 2. The van der Waals surface area contributed by atoms with Crippen molar-refractivity contribution in [3.8, 4) is 11.5 Å². The van der Waals surface area contributed by atoms with Gasteiger partial charge < -0.3 is 15.5 Å². The number of hydrogen-bond acceptors (Lipinski definition) is 3. The van der Waals surface area contributed by atoms with Crippen molar-refractivity contribution in [3.63, 3.8) is 0 Å². The van der Waals surface area contributed by atoms with Crippen LogP contribution in [-0.2, 0) is 6.54 Å². The summed E-state index contributed by atoms with van der Waals surface area (Å²) in [4.78, 5) is 0. The average molecular weight is 250 g/mol. The highest BCUT2D eigenvalue weighted by molar-refractivity contribution is 9.10. The van der Waals surface area contributed by atoms with Crippen LogP contribution in [0.5, 0.6) is 11.5 Å². The molecule has 1 rings (SSSR count). The Labute approximate surface area is 83.3 Å². The number of rotatable bonds is 2. The van der Waals surface area contributed by atoms with Gasteiger partial charge in [-0.3, -0.25) is 0 Å². The van der Waals surface area contributed by atoms with Gasteiger partial charge in [0.2, 0.25) is 0 Å². The Kier molecular flexibility index (Phi) is 3.11. The van der Waals surface area contributed by atoms with Crippen LogP contribution in [0.3, 0.4) is 0 Å². The van der Waals surface area contributed by atoms with Crippen LogP contribution in [0.25, 0.3) is 0 Å². The molecule has 13 heavy (non-hydrogen) atoms. The fourth-order valence-corrected chi connectivity index (χ4v) is 1.44. The quantitative estimate of drug-likeness (QED) is 0.700. The summed E-state index contributed by atoms with van der Waals surface area (Å²) in [5.74, 6) is -1.99. The van der Waals surface area contributed by atoms with Gasteiger partial charge in [-0.15, -0.1) is 0 Å². The molecular formula is C8H9BrFNO2. The van der Waals surface area contributed by atoms with E-state index in [4.69, 9.17) is 5.11 Å². The lowest BCUT2D eigenvalue weighted by molar-refractivity contribution is 0.373. The molecule has 0 heterocycles. The molecule has 0 atom stereocenters. The van der Waals surface area contributed by atoms with Gasteiger partial charge in [-0.05, 0) is 29.0 Å². The van der Waals surface area contributed by atoms with Crippen molar-refractivity contribution in [2.45, 2.75) is 6.54 Å². The van der Waals surface area contributed by atoms with Crippen molar-refractivity contribution < 1.29 is 14.6 Å². The molecular weight excluding hydrogens is 241 g/mol. The fourth-order valence-electron chi connectivity index (χ4n) is 0.979. The molecule has 3 nitrogen and oxygen atoms in total. The first-order chi connectivity index (χ1) is 6.07. The third kappa shape index (κ3) is 1.92. The standard InChI is InChI=1S/C8H9BrFNO2/c1-11-3-4-2-5(9)6(10)8(13)7(4)12/h2,11-13H,3H2,1H3. The molecule has 0 amide bonds. The van der Waals surface area contributed by atoms with Crippen LogP contribution < -0.4 is 5.32 Å². The average Bonchev–Trinajstić information content (AvgIpc) is 2.11. The van der Waals surface area contributed by atoms with E-state index in [0.717, 1.165) is 0 Å². The van der Waals surface area contributed by atoms with Crippen LogP contribution in [0.2, 0.25) is 0 Å². The van der Waals surface area contributed by atoms with Crippen LogP contribution in [0, 0.1) is 5.82 Å². The third-order valence-electron chi connectivity index (χ3n) is 1.61. The lowest BCUT2D eigenvalue weighted by Crippen LogP contribution is -2.05. The van der Waals surface area contributed by atoms with E-state index in [1.165, 1.54) is 6.07 Å². The minimum atomic E-state index is -0.850. The molecule has 0 bridgehead atoms. The number of nitrogens with one attached hydrogen (secondary N) is 1. The molecule has 0 unspecified atom stereocenters. The summed E-state index contributed by atoms with van der Waals surface area (Å²) in [6.07, 6.45) is 0. The van der Waals surface area contributed by atoms with E-state index in [-0.39, 0.29) is 4.47 Å². The summed E-state index contributed by atoms with van der Waals surface area (Å²) < 4.78 is 13.1. The van der Waals surface area contributed by atoms with Crippen LogP contribution in [0.4, 0.5) is 4.39 Å². The maximum absolute atomic E-state index is 12.9. The zero-order valence-corrected chi connectivity index (χ0v) is 8.52. The molecule has 0 aliphatic carbocycles. The molecule has 0 radical (unpaired) electrons. The first-order valence-corrected chi connectivity index (χ1v) is 4.40. The Balaban J connectivity index is 3.24. The smallest absolute Gasteiger partial charge is 0.195 e. The Bertz CT molecular complexity index is 330. The first-order valence-electron chi connectivity index (χ1n) is 3.61. The highest BCUT2D eigenvalue weighted by Crippen LogP contribution is 2.36. The van der Waals surface area contributed by atoms with Gasteiger partial charge in [0.1, 0.15) is 0 Å². The maximum Gasteiger partial charge on any atom is 0.195 e. The van der Waals surface area contributed by atoms with Crippen molar-refractivity contribution in [2.75, 3.05) is 7.05 Å². The molecule has 0 aliphatic heterocycles. The molecule has 72 valence electrons. The first kappa shape index (κ1) is 10.3. The molecule has 0 spiro atoms. The summed E-state index contributed by atoms with van der Waals surface area (Å²) in [7, 11) is 1.69. The van der Waals surface area contributed by atoms with Crippen molar-refractivity contribution in [1.82, 2.24) is 5.32 Å². The predicted molar refractivity (Wildman–Crippen MR) is 50.2 cm³/mol. The van der Waals surface area contributed by atoms with Crippen molar-refractivity contribution in [1.29, 1.82) is 0 Å². The minimum absolute atomic E-state index is 0.132. The highest BCUT2D eigenvalue weighted by atomic mass is 79.9. The second-order valence-electron chi connectivity index (χ2n) is 2.56. The summed E-state index contributed by atoms with van der Waals surface area (Å²) in [5.41, 5.74) is 0.438. The number of hydrogen-bond donors (Lipinski definition) is 3. The number of halogens is 2. The molecule has 0 fully saturated rings. The molecule has 1 aromatic carbocycles. The molecule has 1 aromatic rings. The van der Waals surface area contributed by atoms with Gasteiger partial charge in [0.15, 0.2) is 17.3 Å². The van der Waals surface area contributed by atoms with Crippen molar-refractivity contribution in [2.24, 2.45) is 0 Å². The molecule has 3 N–H and O–H groups in total. The number of phenolic OH excluding ortho intramolecular Hbond substituents is 2. The van der Waals surface area contributed by atoms with Gasteiger partial charge in [0.05, 0.1) is 4.47 Å². The molecule has 0 saturated carbocycles. The van der Waals surface area contributed by atoms with Crippen molar-refractivity contribution >= 4 is 15.9 Å². The van der Waals surface area contributed by atoms with Gasteiger partial charge in [-0.2, -0.15) is 0 Å². The molecule has 5 heteroatoms. The second-order valence-corrected chi connectivity index (χ2v) is 3.41. The Morgan fingerprint density at radius 3 is 2.62 bits per heavy atom. The normalized spacial score (nSPS) is 10.4. The second kappa shape index (κ2) is 3.93. The van der Waals surface area contributed by atoms with Gasteiger partial charge in [-0.1, -0.05) is 0 Å². The van der Waals surface area contributed by atoms with Gasteiger partial charge in [0.25, 0.3) is 0 Å². The SMILES string of the molecule is CNCc1cc(Br)c(F)c(O)c1O. The largest absolute Gasteiger partial charge is 0.504 e. The monoisotopic (exact) mass is 249 g/mol.